The van der Waals surface area contributed by atoms with Gasteiger partial charge in [0.15, 0.2) is 0 Å². The minimum atomic E-state index is -0.331. The average molecular weight is 312 g/mol. The zero-order chi connectivity index (χ0) is 17.0. The lowest BCUT2D eigenvalue weighted by atomic mass is 10.00. The molecule has 0 aliphatic carbocycles. The van der Waals surface area contributed by atoms with Gasteiger partial charge in [0.05, 0.1) is 6.54 Å². The predicted octanol–water partition coefficient (Wildman–Crippen LogP) is 2.32. The fourth-order valence-electron chi connectivity index (χ4n) is 2.69. The van der Waals surface area contributed by atoms with Gasteiger partial charge in [0.1, 0.15) is 11.9 Å². The molecule has 0 saturated carbocycles. The van der Waals surface area contributed by atoms with E-state index >= 15 is 0 Å². The number of hydrogen-bond acceptors (Lipinski definition) is 4. The van der Waals surface area contributed by atoms with Gasteiger partial charge in [-0.05, 0) is 52.1 Å². The summed E-state index contributed by atoms with van der Waals surface area (Å²) < 4.78 is 0. The number of aromatic nitrogens is 2. The number of carbonyl (C=O) groups is 1. The minimum absolute atomic E-state index is 0.0490. The van der Waals surface area contributed by atoms with E-state index in [1.807, 2.05) is 70.1 Å². The van der Waals surface area contributed by atoms with Crippen molar-refractivity contribution in [3.8, 4) is 0 Å². The van der Waals surface area contributed by atoms with Gasteiger partial charge in [0.25, 0.3) is 0 Å². The van der Waals surface area contributed by atoms with Crippen LogP contribution in [0.4, 0.5) is 0 Å². The Morgan fingerprint density at radius 3 is 2.30 bits per heavy atom. The summed E-state index contributed by atoms with van der Waals surface area (Å²) in [4.78, 5) is 23.3. The second kappa shape index (κ2) is 7.33. The molecule has 2 rings (SSSR count). The number of nitrogens with zero attached hydrogens (tertiary/aromatic N) is 3. The van der Waals surface area contributed by atoms with Crippen molar-refractivity contribution in [2.45, 2.75) is 33.4 Å². The Bertz CT molecular complexity index is 677. The van der Waals surface area contributed by atoms with E-state index in [4.69, 9.17) is 0 Å². The number of nitrogens with one attached hydrogen (secondary N) is 1. The van der Waals surface area contributed by atoms with Crippen LogP contribution in [0.25, 0.3) is 0 Å². The van der Waals surface area contributed by atoms with Crippen molar-refractivity contribution in [3.05, 3.63) is 58.7 Å². The highest BCUT2D eigenvalue weighted by Gasteiger charge is 2.24. The smallest absolute Gasteiger partial charge is 0.242 e. The largest absolute Gasteiger partial charge is 0.347 e. The maximum atomic E-state index is 12.7. The molecule has 5 heteroatoms. The van der Waals surface area contributed by atoms with Gasteiger partial charge in [0.2, 0.25) is 5.91 Å². The van der Waals surface area contributed by atoms with Crippen molar-refractivity contribution >= 4 is 5.91 Å². The van der Waals surface area contributed by atoms with Gasteiger partial charge in [-0.3, -0.25) is 9.69 Å². The quantitative estimate of drug-likeness (QED) is 0.920. The summed E-state index contributed by atoms with van der Waals surface area (Å²) in [6, 6.07) is 9.54. The first-order valence-electron chi connectivity index (χ1n) is 7.69. The topological polar surface area (TPSA) is 58.1 Å². The minimum Gasteiger partial charge on any atom is -0.347 e. The Kier molecular flexibility index (Phi) is 5.45. The van der Waals surface area contributed by atoms with E-state index in [0.717, 1.165) is 22.5 Å². The van der Waals surface area contributed by atoms with Crippen LogP contribution in [0.1, 0.15) is 34.4 Å². The van der Waals surface area contributed by atoms with Crippen molar-refractivity contribution in [1.82, 2.24) is 20.2 Å². The van der Waals surface area contributed by atoms with E-state index in [-0.39, 0.29) is 11.9 Å². The number of aryl methyl sites for hydroxylation is 3. The Morgan fingerprint density at radius 1 is 1.13 bits per heavy atom. The molecule has 0 saturated heterocycles. The van der Waals surface area contributed by atoms with Crippen molar-refractivity contribution in [2.24, 2.45) is 0 Å². The third kappa shape index (κ3) is 4.36. The van der Waals surface area contributed by atoms with Crippen LogP contribution in [-0.4, -0.2) is 34.9 Å². The summed E-state index contributed by atoms with van der Waals surface area (Å²) in [6.07, 6.45) is 0. The molecule has 0 aliphatic rings. The summed E-state index contributed by atoms with van der Waals surface area (Å²) in [5, 5.41) is 2.95. The Hall–Kier alpha value is -2.27. The molecular weight excluding hydrogens is 288 g/mol. The van der Waals surface area contributed by atoms with Crippen LogP contribution in [0.3, 0.4) is 0 Å². The first-order chi connectivity index (χ1) is 10.9. The highest BCUT2D eigenvalue weighted by Crippen LogP contribution is 2.22. The molecule has 0 spiro atoms. The zero-order valence-electron chi connectivity index (χ0n) is 14.4. The van der Waals surface area contributed by atoms with Crippen LogP contribution in [0.5, 0.6) is 0 Å². The van der Waals surface area contributed by atoms with Crippen LogP contribution in [-0.2, 0) is 11.3 Å². The van der Waals surface area contributed by atoms with E-state index in [9.17, 15) is 4.79 Å². The van der Waals surface area contributed by atoms with Crippen LogP contribution >= 0.6 is 0 Å². The molecule has 1 aromatic carbocycles. The van der Waals surface area contributed by atoms with Gasteiger partial charge in [-0.1, -0.05) is 24.3 Å². The molecule has 122 valence electrons. The van der Waals surface area contributed by atoms with Crippen molar-refractivity contribution in [3.63, 3.8) is 0 Å². The standard InChI is InChI=1S/C18H24N4O/c1-12-8-6-7-9-15(12)17(22(4)5)18(23)19-11-16-20-13(2)10-14(3)21-16/h6-10,17H,11H2,1-5H3,(H,19,23)/t17-/m0/s1. The Labute approximate surface area is 137 Å². The van der Waals surface area contributed by atoms with Gasteiger partial charge in [-0.2, -0.15) is 0 Å². The first-order valence-corrected chi connectivity index (χ1v) is 7.69. The van der Waals surface area contributed by atoms with E-state index in [1.165, 1.54) is 0 Å². The number of benzene rings is 1. The van der Waals surface area contributed by atoms with E-state index in [0.29, 0.717) is 12.4 Å². The maximum Gasteiger partial charge on any atom is 0.242 e. The molecule has 23 heavy (non-hydrogen) atoms. The van der Waals surface area contributed by atoms with Crippen LogP contribution in [0.15, 0.2) is 30.3 Å². The lowest BCUT2D eigenvalue weighted by Gasteiger charge is -2.25. The van der Waals surface area contributed by atoms with Gasteiger partial charge in [-0.25, -0.2) is 9.97 Å². The van der Waals surface area contributed by atoms with Crippen LogP contribution in [0.2, 0.25) is 0 Å². The number of carbonyl (C=O) groups excluding carboxylic acids is 1. The SMILES string of the molecule is Cc1cc(C)nc(CNC(=O)[C@H](c2ccccc2C)N(C)C)n1. The molecule has 2 aromatic rings. The first kappa shape index (κ1) is 17.1. The lowest BCUT2D eigenvalue weighted by molar-refractivity contribution is -0.126. The number of likely N-dealkylation sites (N-methyl/N-ethyl adjacent to an activating group) is 1. The van der Waals surface area contributed by atoms with Crippen molar-refractivity contribution < 1.29 is 4.79 Å². The second-order valence-corrected chi connectivity index (χ2v) is 6.01. The normalized spacial score (nSPS) is 12.3. The molecule has 1 N–H and O–H groups in total. The Balaban J connectivity index is 2.15. The molecule has 0 aliphatic heterocycles. The molecule has 1 atom stereocenters. The third-order valence-electron chi connectivity index (χ3n) is 3.70. The van der Waals surface area contributed by atoms with Crippen LogP contribution < -0.4 is 5.32 Å². The molecule has 0 unspecified atom stereocenters. The molecule has 1 aromatic heterocycles. The molecule has 0 fully saturated rings. The van der Waals surface area contributed by atoms with E-state index in [1.54, 1.807) is 0 Å². The van der Waals surface area contributed by atoms with Gasteiger partial charge in [-0.15, -0.1) is 0 Å². The van der Waals surface area contributed by atoms with Gasteiger partial charge in [0, 0.05) is 11.4 Å². The third-order valence-corrected chi connectivity index (χ3v) is 3.70. The fraction of sp³-hybridized carbons (Fsp3) is 0.389. The maximum absolute atomic E-state index is 12.7. The summed E-state index contributed by atoms with van der Waals surface area (Å²) in [6.45, 7) is 6.20. The molecular formula is C18H24N4O. The van der Waals surface area contributed by atoms with Gasteiger partial charge >= 0.3 is 0 Å². The fourth-order valence-corrected chi connectivity index (χ4v) is 2.69. The highest BCUT2D eigenvalue weighted by atomic mass is 16.2. The molecule has 0 bridgehead atoms. The Morgan fingerprint density at radius 2 is 1.74 bits per heavy atom. The summed E-state index contributed by atoms with van der Waals surface area (Å²) in [5.74, 6) is 0.588. The van der Waals surface area contributed by atoms with E-state index in [2.05, 4.69) is 15.3 Å². The van der Waals surface area contributed by atoms with Gasteiger partial charge < -0.3 is 5.32 Å². The monoisotopic (exact) mass is 312 g/mol. The lowest BCUT2D eigenvalue weighted by Crippen LogP contribution is -2.37. The average Bonchev–Trinajstić information content (AvgIpc) is 2.46. The predicted molar refractivity (Wildman–Crippen MR) is 91.0 cm³/mol. The molecule has 1 heterocycles. The number of hydrogen-bond donors (Lipinski definition) is 1. The summed E-state index contributed by atoms with van der Waals surface area (Å²) >= 11 is 0. The molecule has 1 amide bonds. The molecule has 0 radical (unpaired) electrons. The highest BCUT2D eigenvalue weighted by molar-refractivity contribution is 5.83. The summed E-state index contributed by atoms with van der Waals surface area (Å²) in [7, 11) is 3.81. The number of amides is 1. The zero-order valence-corrected chi connectivity index (χ0v) is 14.4. The van der Waals surface area contributed by atoms with Crippen molar-refractivity contribution in [2.75, 3.05) is 14.1 Å². The molecule has 5 nitrogen and oxygen atoms in total. The summed E-state index contributed by atoms with van der Waals surface area (Å²) in [5.41, 5.74) is 3.93. The van der Waals surface area contributed by atoms with E-state index < -0.39 is 0 Å². The second-order valence-electron chi connectivity index (χ2n) is 6.01. The number of rotatable bonds is 5. The van der Waals surface area contributed by atoms with Crippen molar-refractivity contribution in [1.29, 1.82) is 0 Å². The van der Waals surface area contributed by atoms with Crippen LogP contribution in [0, 0.1) is 20.8 Å².